The second kappa shape index (κ2) is 5.53. The lowest BCUT2D eigenvalue weighted by molar-refractivity contribution is 0.306. The van der Waals surface area contributed by atoms with Gasteiger partial charge in [-0.15, -0.1) is 0 Å². The van der Waals surface area contributed by atoms with E-state index in [-0.39, 0.29) is 0 Å². The lowest BCUT2D eigenvalue weighted by atomic mass is 10.1. The molecule has 0 amide bonds. The van der Waals surface area contributed by atoms with Crippen LogP contribution in [-0.4, -0.2) is 0 Å². The van der Waals surface area contributed by atoms with Gasteiger partial charge in [0.25, 0.3) is 0 Å². The van der Waals surface area contributed by atoms with Crippen LogP contribution in [0.15, 0.2) is 48.5 Å². The van der Waals surface area contributed by atoms with E-state index in [1.807, 2.05) is 18.2 Å². The maximum atomic E-state index is 5.82. The van der Waals surface area contributed by atoms with Gasteiger partial charge in [-0.05, 0) is 42.2 Å². The molecule has 0 radical (unpaired) electrons. The second-order valence-corrected chi connectivity index (χ2v) is 4.28. The SMILES string of the molecule is CCc1cc(C)cc(OCc2ccccc2)c1. The minimum atomic E-state index is 0.632. The highest BCUT2D eigenvalue weighted by atomic mass is 16.5. The molecule has 0 heterocycles. The summed E-state index contributed by atoms with van der Waals surface area (Å²) in [6.07, 6.45) is 1.05. The van der Waals surface area contributed by atoms with Crippen molar-refractivity contribution in [3.05, 3.63) is 65.2 Å². The molecule has 0 N–H and O–H groups in total. The fraction of sp³-hybridized carbons (Fsp3) is 0.250. The van der Waals surface area contributed by atoms with Crippen LogP contribution in [0.1, 0.15) is 23.6 Å². The van der Waals surface area contributed by atoms with E-state index in [1.54, 1.807) is 0 Å². The zero-order valence-corrected chi connectivity index (χ0v) is 10.4. The van der Waals surface area contributed by atoms with Gasteiger partial charge in [-0.3, -0.25) is 0 Å². The second-order valence-electron chi connectivity index (χ2n) is 4.28. The van der Waals surface area contributed by atoms with Crippen LogP contribution >= 0.6 is 0 Å². The first-order valence-electron chi connectivity index (χ1n) is 6.05. The van der Waals surface area contributed by atoms with Crippen molar-refractivity contribution in [2.24, 2.45) is 0 Å². The maximum absolute atomic E-state index is 5.82. The Labute approximate surface area is 103 Å². The number of rotatable bonds is 4. The first-order valence-corrected chi connectivity index (χ1v) is 6.05. The smallest absolute Gasteiger partial charge is 0.120 e. The number of hydrogen-bond donors (Lipinski definition) is 0. The summed E-state index contributed by atoms with van der Waals surface area (Å²) in [5.74, 6) is 0.964. The van der Waals surface area contributed by atoms with Gasteiger partial charge < -0.3 is 4.74 Å². The molecule has 2 aromatic rings. The van der Waals surface area contributed by atoms with Crippen molar-refractivity contribution in [2.45, 2.75) is 26.9 Å². The van der Waals surface area contributed by atoms with Gasteiger partial charge in [0, 0.05) is 0 Å². The summed E-state index contributed by atoms with van der Waals surface area (Å²) in [5, 5.41) is 0. The van der Waals surface area contributed by atoms with Gasteiger partial charge in [-0.1, -0.05) is 43.3 Å². The largest absolute Gasteiger partial charge is 0.489 e. The molecule has 0 saturated heterocycles. The van der Waals surface area contributed by atoms with Gasteiger partial charge in [0.15, 0.2) is 0 Å². The molecular weight excluding hydrogens is 208 g/mol. The molecule has 0 aliphatic carbocycles. The summed E-state index contributed by atoms with van der Waals surface area (Å²) < 4.78 is 5.82. The highest BCUT2D eigenvalue weighted by molar-refractivity contribution is 5.34. The molecule has 2 rings (SSSR count). The molecule has 0 atom stereocenters. The monoisotopic (exact) mass is 226 g/mol. The molecule has 0 aliphatic heterocycles. The third-order valence-electron chi connectivity index (χ3n) is 2.77. The average molecular weight is 226 g/mol. The average Bonchev–Trinajstić information content (AvgIpc) is 2.37. The summed E-state index contributed by atoms with van der Waals surface area (Å²) >= 11 is 0. The van der Waals surface area contributed by atoms with E-state index in [2.05, 4.69) is 44.2 Å². The first-order chi connectivity index (χ1) is 8.28. The molecule has 88 valence electrons. The predicted octanol–water partition coefficient (Wildman–Crippen LogP) is 4.14. The predicted molar refractivity (Wildman–Crippen MR) is 71.3 cm³/mol. The van der Waals surface area contributed by atoms with Gasteiger partial charge in [0.2, 0.25) is 0 Å². The van der Waals surface area contributed by atoms with Crippen molar-refractivity contribution in [1.29, 1.82) is 0 Å². The van der Waals surface area contributed by atoms with Crippen molar-refractivity contribution in [3.8, 4) is 5.75 Å². The minimum Gasteiger partial charge on any atom is -0.489 e. The minimum absolute atomic E-state index is 0.632. The molecule has 0 spiro atoms. The van der Waals surface area contributed by atoms with Crippen LogP contribution < -0.4 is 4.74 Å². The zero-order valence-electron chi connectivity index (χ0n) is 10.4. The van der Waals surface area contributed by atoms with Crippen LogP contribution in [0.5, 0.6) is 5.75 Å². The number of aryl methyl sites for hydroxylation is 2. The van der Waals surface area contributed by atoms with Gasteiger partial charge in [0.1, 0.15) is 12.4 Å². The lowest BCUT2D eigenvalue weighted by Crippen LogP contribution is -1.96. The molecular formula is C16H18O. The molecule has 1 heteroatoms. The Bertz CT molecular complexity index is 474. The van der Waals surface area contributed by atoms with E-state index < -0.39 is 0 Å². The summed E-state index contributed by atoms with van der Waals surface area (Å²) in [5.41, 5.74) is 3.78. The molecule has 0 bridgehead atoms. The summed E-state index contributed by atoms with van der Waals surface area (Å²) in [6, 6.07) is 16.7. The first kappa shape index (κ1) is 11.7. The topological polar surface area (TPSA) is 9.23 Å². The third-order valence-corrected chi connectivity index (χ3v) is 2.77. The number of benzene rings is 2. The van der Waals surface area contributed by atoms with Gasteiger partial charge in [-0.25, -0.2) is 0 Å². The Kier molecular flexibility index (Phi) is 3.81. The Morgan fingerprint density at radius 2 is 1.71 bits per heavy atom. The van der Waals surface area contributed by atoms with Gasteiger partial charge in [-0.2, -0.15) is 0 Å². The quantitative estimate of drug-likeness (QED) is 0.761. The van der Waals surface area contributed by atoms with E-state index in [1.165, 1.54) is 16.7 Å². The molecule has 17 heavy (non-hydrogen) atoms. The van der Waals surface area contributed by atoms with Crippen LogP contribution in [0.25, 0.3) is 0 Å². The standard InChI is InChI=1S/C16H18O/c1-3-14-9-13(2)10-16(11-14)17-12-15-7-5-4-6-8-15/h4-11H,3,12H2,1-2H3. The van der Waals surface area contributed by atoms with Gasteiger partial charge >= 0.3 is 0 Å². The van der Waals surface area contributed by atoms with E-state index in [4.69, 9.17) is 4.74 Å². The summed E-state index contributed by atoms with van der Waals surface area (Å²) in [4.78, 5) is 0. The summed E-state index contributed by atoms with van der Waals surface area (Å²) in [7, 11) is 0. The van der Waals surface area contributed by atoms with Gasteiger partial charge in [0.05, 0.1) is 0 Å². The van der Waals surface area contributed by atoms with Crippen LogP contribution in [0, 0.1) is 6.92 Å². The van der Waals surface area contributed by atoms with E-state index in [0.29, 0.717) is 6.61 Å². The Hall–Kier alpha value is -1.76. The van der Waals surface area contributed by atoms with Crippen molar-refractivity contribution in [3.63, 3.8) is 0 Å². The van der Waals surface area contributed by atoms with Crippen LogP contribution in [-0.2, 0) is 13.0 Å². The number of ether oxygens (including phenoxy) is 1. The van der Waals surface area contributed by atoms with Crippen molar-refractivity contribution >= 4 is 0 Å². The highest BCUT2D eigenvalue weighted by Crippen LogP contribution is 2.18. The van der Waals surface area contributed by atoms with Crippen LogP contribution in [0.4, 0.5) is 0 Å². The Morgan fingerprint density at radius 3 is 2.41 bits per heavy atom. The number of hydrogen-bond acceptors (Lipinski definition) is 1. The molecule has 0 aromatic heterocycles. The van der Waals surface area contributed by atoms with E-state index in [0.717, 1.165) is 12.2 Å². The Morgan fingerprint density at radius 1 is 0.941 bits per heavy atom. The normalized spacial score (nSPS) is 10.2. The highest BCUT2D eigenvalue weighted by Gasteiger charge is 1.99. The molecule has 1 nitrogen and oxygen atoms in total. The zero-order chi connectivity index (χ0) is 12.1. The van der Waals surface area contributed by atoms with Crippen molar-refractivity contribution < 1.29 is 4.74 Å². The summed E-state index contributed by atoms with van der Waals surface area (Å²) in [6.45, 7) is 4.90. The molecule has 0 fully saturated rings. The fourth-order valence-electron chi connectivity index (χ4n) is 1.85. The third kappa shape index (κ3) is 3.35. The van der Waals surface area contributed by atoms with Crippen molar-refractivity contribution in [2.75, 3.05) is 0 Å². The molecule has 2 aromatic carbocycles. The fourth-order valence-corrected chi connectivity index (χ4v) is 1.85. The molecule has 0 unspecified atom stereocenters. The lowest BCUT2D eigenvalue weighted by Gasteiger charge is -2.09. The Balaban J connectivity index is 2.06. The van der Waals surface area contributed by atoms with E-state index >= 15 is 0 Å². The van der Waals surface area contributed by atoms with Crippen LogP contribution in [0.3, 0.4) is 0 Å². The molecule has 0 aliphatic rings. The molecule has 0 saturated carbocycles. The van der Waals surface area contributed by atoms with E-state index in [9.17, 15) is 0 Å². The maximum Gasteiger partial charge on any atom is 0.120 e. The van der Waals surface area contributed by atoms with Crippen LogP contribution in [0.2, 0.25) is 0 Å². The van der Waals surface area contributed by atoms with Crippen molar-refractivity contribution in [1.82, 2.24) is 0 Å².